The van der Waals surface area contributed by atoms with Crippen molar-refractivity contribution in [3.05, 3.63) is 15.9 Å². The van der Waals surface area contributed by atoms with Crippen molar-refractivity contribution in [2.75, 3.05) is 23.4 Å². The standard InChI is InChI=1S/C16H24N4O6/c1-7-25-16(6,26-8-2)12-13(20(10(4)22)11(5)23)18-15(17-9(3)21)19-14(12)24/h7-8H2,1-6H3,(H2,17,18,19,21,24). The third-order valence-electron chi connectivity index (χ3n) is 3.33. The fraction of sp³-hybridized carbons (Fsp3) is 0.562. The number of rotatable bonds is 7. The van der Waals surface area contributed by atoms with Crippen molar-refractivity contribution in [3.63, 3.8) is 0 Å². The monoisotopic (exact) mass is 368 g/mol. The molecule has 0 aliphatic heterocycles. The van der Waals surface area contributed by atoms with Gasteiger partial charge in [0.25, 0.3) is 5.56 Å². The number of hydrogen-bond acceptors (Lipinski definition) is 7. The molecule has 10 heteroatoms. The smallest absolute Gasteiger partial charge is 0.263 e. The molecule has 1 heterocycles. The summed E-state index contributed by atoms with van der Waals surface area (Å²) in [6.07, 6.45) is 0. The average Bonchev–Trinajstić information content (AvgIpc) is 2.45. The minimum absolute atomic E-state index is 0.152. The third-order valence-corrected chi connectivity index (χ3v) is 3.33. The van der Waals surface area contributed by atoms with E-state index in [9.17, 15) is 19.2 Å². The van der Waals surface area contributed by atoms with E-state index in [2.05, 4.69) is 15.3 Å². The zero-order valence-electron chi connectivity index (χ0n) is 15.8. The molecule has 1 aromatic rings. The highest BCUT2D eigenvalue weighted by Gasteiger charge is 2.38. The third kappa shape index (κ3) is 4.73. The van der Waals surface area contributed by atoms with E-state index >= 15 is 0 Å². The molecule has 0 bridgehead atoms. The molecule has 10 nitrogen and oxygen atoms in total. The highest BCUT2D eigenvalue weighted by atomic mass is 16.7. The Kier molecular flexibility index (Phi) is 7.16. The van der Waals surface area contributed by atoms with Crippen molar-refractivity contribution in [3.8, 4) is 0 Å². The maximum atomic E-state index is 12.7. The summed E-state index contributed by atoms with van der Waals surface area (Å²) in [4.78, 5) is 55.2. The van der Waals surface area contributed by atoms with Crippen LogP contribution in [0.5, 0.6) is 0 Å². The molecule has 0 aliphatic rings. The van der Waals surface area contributed by atoms with Gasteiger partial charge in [0.1, 0.15) is 5.56 Å². The number of carbonyl (C=O) groups excluding carboxylic acids is 3. The van der Waals surface area contributed by atoms with Crippen molar-refractivity contribution >= 4 is 29.5 Å². The summed E-state index contributed by atoms with van der Waals surface area (Å²) in [6, 6.07) is 0. The molecule has 144 valence electrons. The molecule has 0 aromatic carbocycles. The number of aromatic amines is 1. The van der Waals surface area contributed by atoms with Gasteiger partial charge in [-0.1, -0.05) is 0 Å². The SMILES string of the molecule is CCOC(C)(OCC)c1c(N(C(C)=O)C(C)=O)nc(NC(C)=O)[nH]c1=O. The van der Waals surface area contributed by atoms with Crippen molar-refractivity contribution in [2.24, 2.45) is 0 Å². The fourth-order valence-corrected chi connectivity index (χ4v) is 2.52. The average molecular weight is 368 g/mol. The summed E-state index contributed by atoms with van der Waals surface area (Å²) in [5.41, 5.74) is -0.864. The number of nitrogens with one attached hydrogen (secondary N) is 2. The molecule has 1 aromatic heterocycles. The summed E-state index contributed by atoms with van der Waals surface area (Å²) < 4.78 is 11.2. The maximum absolute atomic E-state index is 12.7. The quantitative estimate of drug-likeness (QED) is 0.683. The van der Waals surface area contributed by atoms with Crippen LogP contribution in [0.3, 0.4) is 0 Å². The van der Waals surface area contributed by atoms with Gasteiger partial charge in [0.05, 0.1) is 0 Å². The molecule has 1 rings (SSSR count). The van der Waals surface area contributed by atoms with Crippen LogP contribution in [0.15, 0.2) is 4.79 Å². The van der Waals surface area contributed by atoms with E-state index < -0.39 is 29.1 Å². The number of amides is 3. The van der Waals surface area contributed by atoms with Crippen LogP contribution in [0.4, 0.5) is 11.8 Å². The van der Waals surface area contributed by atoms with Crippen LogP contribution < -0.4 is 15.8 Å². The van der Waals surface area contributed by atoms with E-state index in [0.717, 1.165) is 18.7 Å². The molecule has 0 saturated carbocycles. The van der Waals surface area contributed by atoms with Crippen LogP contribution in [0, 0.1) is 0 Å². The van der Waals surface area contributed by atoms with Crippen LogP contribution in [0.25, 0.3) is 0 Å². The van der Waals surface area contributed by atoms with Crippen molar-refractivity contribution in [1.82, 2.24) is 9.97 Å². The summed E-state index contributed by atoms with van der Waals surface area (Å²) in [7, 11) is 0. The lowest BCUT2D eigenvalue weighted by molar-refractivity contribution is -0.230. The molecule has 2 N–H and O–H groups in total. The van der Waals surface area contributed by atoms with E-state index in [1.165, 1.54) is 13.8 Å². The second-order valence-corrected chi connectivity index (χ2v) is 5.48. The Morgan fingerprint density at radius 3 is 2.00 bits per heavy atom. The first-order valence-electron chi connectivity index (χ1n) is 8.08. The van der Waals surface area contributed by atoms with Crippen molar-refractivity contribution in [1.29, 1.82) is 0 Å². The lowest BCUT2D eigenvalue weighted by Gasteiger charge is -2.31. The van der Waals surface area contributed by atoms with Gasteiger partial charge in [0.2, 0.25) is 29.5 Å². The largest absolute Gasteiger partial charge is 0.346 e. The van der Waals surface area contributed by atoms with Crippen LogP contribution in [0.1, 0.15) is 47.1 Å². The first kappa shape index (κ1) is 21.5. The van der Waals surface area contributed by atoms with Crippen LogP contribution in [-0.2, 0) is 29.6 Å². The lowest BCUT2D eigenvalue weighted by atomic mass is 10.1. The molecule has 0 saturated heterocycles. The predicted molar refractivity (Wildman–Crippen MR) is 93.6 cm³/mol. The first-order chi connectivity index (χ1) is 12.1. The van der Waals surface area contributed by atoms with E-state index in [-0.39, 0.29) is 30.5 Å². The number of imide groups is 1. The predicted octanol–water partition coefficient (Wildman–Crippen LogP) is 0.873. The molecule has 3 amide bonds. The topological polar surface area (TPSA) is 131 Å². The van der Waals surface area contributed by atoms with E-state index in [4.69, 9.17) is 9.47 Å². The number of hydrogen-bond donors (Lipinski definition) is 2. The summed E-state index contributed by atoms with van der Waals surface area (Å²) in [6.45, 7) is 8.84. The summed E-state index contributed by atoms with van der Waals surface area (Å²) in [5, 5.41) is 2.32. The summed E-state index contributed by atoms with van der Waals surface area (Å²) in [5.74, 6) is -3.81. The number of H-pyrrole nitrogens is 1. The Hall–Kier alpha value is -2.59. The molecule has 0 fully saturated rings. The minimum atomic E-state index is -1.56. The Morgan fingerprint density at radius 2 is 1.62 bits per heavy atom. The fourth-order valence-electron chi connectivity index (χ4n) is 2.52. The van der Waals surface area contributed by atoms with Gasteiger partial charge in [-0.05, 0) is 20.8 Å². The van der Waals surface area contributed by atoms with Crippen molar-refractivity contribution in [2.45, 2.75) is 47.3 Å². The Morgan fingerprint density at radius 1 is 1.12 bits per heavy atom. The molecular weight excluding hydrogens is 344 g/mol. The van der Waals surface area contributed by atoms with E-state index in [1.807, 2.05) is 0 Å². The van der Waals surface area contributed by atoms with Gasteiger partial charge >= 0.3 is 0 Å². The molecule has 0 unspecified atom stereocenters. The maximum Gasteiger partial charge on any atom is 0.263 e. The van der Waals surface area contributed by atoms with Gasteiger partial charge in [0.15, 0.2) is 5.82 Å². The second kappa shape index (κ2) is 8.68. The van der Waals surface area contributed by atoms with Crippen LogP contribution in [-0.4, -0.2) is 40.9 Å². The zero-order valence-corrected chi connectivity index (χ0v) is 15.8. The van der Waals surface area contributed by atoms with E-state index in [0.29, 0.717) is 0 Å². The normalized spacial score (nSPS) is 11.2. The molecule has 0 aliphatic carbocycles. The van der Waals surface area contributed by atoms with E-state index in [1.54, 1.807) is 13.8 Å². The molecule has 0 radical (unpaired) electrons. The summed E-state index contributed by atoms with van der Waals surface area (Å²) >= 11 is 0. The molecule has 0 spiro atoms. The van der Waals surface area contributed by atoms with Gasteiger partial charge < -0.3 is 9.47 Å². The van der Waals surface area contributed by atoms with Gasteiger partial charge in [-0.25, -0.2) is 4.90 Å². The van der Waals surface area contributed by atoms with Crippen molar-refractivity contribution < 1.29 is 23.9 Å². The highest BCUT2D eigenvalue weighted by Crippen LogP contribution is 2.31. The number of carbonyl (C=O) groups is 3. The minimum Gasteiger partial charge on any atom is -0.346 e. The number of anilines is 2. The zero-order chi connectivity index (χ0) is 20.1. The second-order valence-electron chi connectivity index (χ2n) is 5.48. The highest BCUT2D eigenvalue weighted by molar-refractivity contribution is 6.13. The number of aromatic nitrogens is 2. The first-order valence-corrected chi connectivity index (χ1v) is 8.08. The Bertz CT molecular complexity index is 738. The van der Waals surface area contributed by atoms with Gasteiger partial charge in [0, 0.05) is 34.0 Å². The lowest BCUT2D eigenvalue weighted by Crippen LogP contribution is -2.43. The van der Waals surface area contributed by atoms with Gasteiger partial charge in [-0.2, -0.15) is 4.98 Å². The molecular formula is C16H24N4O6. The van der Waals surface area contributed by atoms with Crippen LogP contribution in [0.2, 0.25) is 0 Å². The molecule has 0 atom stereocenters. The number of ether oxygens (including phenoxy) is 2. The Balaban J connectivity index is 3.81. The van der Waals surface area contributed by atoms with Crippen LogP contribution >= 0.6 is 0 Å². The van der Waals surface area contributed by atoms with Gasteiger partial charge in [-0.3, -0.25) is 29.5 Å². The van der Waals surface area contributed by atoms with Gasteiger partial charge in [-0.15, -0.1) is 0 Å². The number of nitrogens with zero attached hydrogens (tertiary/aromatic N) is 2. The molecule has 26 heavy (non-hydrogen) atoms. The Labute approximate surface area is 150 Å².